The second kappa shape index (κ2) is 8.28. The van der Waals surface area contributed by atoms with E-state index in [1.165, 1.54) is 25.2 Å². The van der Waals surface area contributed by atoms with Crippen molar-refractivity contribution in [3.05, 3.63) is 65.4 Å². The molecule has 0 bridgehead atoms. The fourth-order valence-electron chi connectivity index (χ4n) is 2.77. The summed E-state index contributed by atoms with van der Waals surface area (Å²) in [5, 5.41) is 8.43. The Kier molecular flexibility index (Phi) is 5.71. The molecular weight excluding hydrogens is 455 g/mol. The van der Waals surface area contributed by atoms with Crippen molar-refractivity contribution in [3.8, 4) is 22.9 Å². The lowest BCUT2D eigenvalue weighted by atomic mass is 10.2. The van der Waals surface area contributed by atoms with Crippen LogP contribution in [0.1, 0.15) is 5.56 Å². The molecule has 3 aromatic heterocycles. The summed E-state index contributed by atoms with van der Waals surface area (Å²) in [6.07, 6.45) is 2.70. The maximum Gasteiger partial charge on any atom is 0.251 e. The van der Waals surface area contributed by atoms with E-state index in [0.717, 1.165) is 0 Å². The SMILES string of the molecule is CP(=O)(OCl)c1cnc(-c2cc(-c3ccon3)n(Cc3ccccc3F)n2)nc1Cl. The Morgan fingerprint density at radius 2 is 2.07 bits per heavy atom. The van der Waals surface area contributed by atoms with Gasteiger partial charge in [0.05, 0.1) is 29.4 Å². The maximum atomic E-state index is 14.2. The molecule has 0 saturated carbocycles. The van der Waals surface area contributed by atoms with Crippen molar-refractivity contribution in [2.75, 3.05) is 6.66 Å². The number of hydrogen-bond acceptors (Lipinski definition) is 7. The second-order valence-corrected chi connectivity index (χ2v) is 9.42. The van der Waals surface area contributed by atoms with Gasteiger partial charge in [-0.05, 0) is 12.1 Å². The number of aromatic nitrogens is 5. The summed E-state index contributed by atoms with van der Waals surface area (Å²) in [6.45, 7) is 1.45. The lowest BCUT2D eigenvalue weighted by Crippen LogP contribution is -2.10. The van der Waals surface area contributed by atoms with Crippen LogP contribution < -0.4 is 5.30 Å². The van der Waals surface area contributed by atoms with Gasteiger partial charge in [0, 0.05) is 24.5 Å². The van der Waals surface area contributed by atoms with Gasteiger partial charge in [-0.15, -0.1) is 0 Å². The van der Waals surface area contributed by atoms with Crippen molar-refractivity contribution in [3.63, 3.8) is 0 Å². The topological polar surface area (TPSA) is 95.9 Å². The van der Waals surface area contributed by atoms with Crippen molar-refractivity contribution < 1.29 is 17.6 Å². The number of halogens is 3. The minimum absolute atomic E-state index is 0.0712. The van der Waals surface area contributed by atoms with E-state index in [0.29, 0.717) is 22.6 Å². The van der Waals surface area contributed by atoms with E-state index in [-0.39, 0.29) is 28.6 Å². The first kappa shape index (κ1) is 20.7. The Balaban J connectivity index is 1.78. The Morgan fingerprint density at radius 3 is 2.73 bits per heavy atom. The van der Waals surface area contributed by atoms with Crippen LogP contribution >= 0.6 is 30.8 Å². The van der Waals surface area contributed by atoms with Crippen LogP contribution in [0.4, 0.5) is 4.39 Å². The number of benzene rings is 1. The molecule has 0 amide bonds. The minimum atomic E-state index is -3.35. The molecule has 3 heterocycles. The smallest absolute Gasteiger partial charge is 0.251 e. The van der Waals surface area contributed by atoms with E-state index in [1.807, 2.05) is 0 Å². The van der Waals surface area contributed by atoms with Gasteiger partial charge in [-0.25, -0.2) is 18.4 Å². The van der Waals surface area contributed by atoms with Crippen LogP contribution in [0.3, 0.4) is 0 Å². The largest absolute Gasteiger partial charge is 0.364 e. The molecule has 4 aromatic rings. The fraction of sp³-hybridized carbons (Fsp3) is 0.111. The van der Waals surface area contributed by atoms with E-state index in [1.54, 1.807) is 35.0 Å². The van der Waals surface area contributed by atoms with E-state index in [2.05, 4.69) is 24.3 Å². The van der Waals surface area contributed by atoms with Crippen LogP contribution in [0.2, 0.25) is 5.15 Å². The predicted octanol–water partition coefficient (Wildman–Crippen LogP) is 4.54. The van der Waals surface area contributed by atoms with Crippen molar-refractivity contribution in [2.45, 2.75) is 6.54 Å². The Labute approximate surface area is 180 Å². The molecule has 4 rings (SSSR count). The van der Waals surface area contributed by atoms with Gasteiger partial charge in [-0.1, -0.05) is 35.0 Å². The second-order valence-electron chi connectivity index (χ2n) is 6.33. The van der Waals surface area contributed by atoms with Crippen LogP contribution in [-0.4, -0.2) is 31.6 Å². The summed E-state index contributed by atoms with van der Waals surface area (Å²) in [4.78, 5) is 8.35. The molecule has 0 aliphatic heterocycles. The van der Waals surface area contributed by atoms with Gasteiger partial charge in [0.1, 0.15) is 28.6 Å². The van der Waals surface area contributed by atoms with Crippen molar-refractivity contribution >= 4 is 36.1 Å². The highest BCUT2D eigenvalue weighted by molar-refractivity contribution is 7.67. The molecule has 8 nitrogen and oxygen atoms in total. The van der Waals surface area contributed by atoms with E-state index < -0.39 is 7.37 Å². The van der Waals surface area contributed by atoms with Gasteiger partial charge >= 0.3 is 0 Å². The quantitative estimate of drug-likeness (QED) is 0.303. The van der Waals surface area contributed by atoms with E-state index >= 15 is 0 Å². The Bertz CT molecular complexity index is 1250. The first-order valence-electron chi connectivity index (χ1n) is 8.52. The molecule has 1 aromatic carbocycles. The molecule has 154 valence electrons. The Morgan fingerprint density at radius 1 is 1.27 bits per heavy atom. The molecule has 0 spiro atoms. The molecule has 1 atom stereocenters. The molecule has 0 aliphatic rings. The van der Waals surface area contributed by atoms with Gasteiger partial charge in [-0.3, -0.25) is 9.25 Å². The summed E-state index contributed by atoms with van der Waals surface area (Å²) in [6, 6.07) is 9.71. The minimum Gasteiger partial charge on any atom is -0.364 e. The molecule has 0 N–H and O–H groups in total. The first-order chi connectivity index (χ1) is 14.4. The van der Waals surface area contributed by atoms with Crippen LogP contribution in [-0.2, 0) is 15.2 Å². The highest BCUT2D eigenvalue weighted by Gasteiger charge is 2.25. The van der Waals surface area contributed by atoms with Crippen LogP contribution in [0.15, 0.2) is 53.4 Å². The zero-order valence-corrected chi connectivity index (χ0v) is 17.8. The van der Waals surface area contributed by atoms with Gasteiger partial charge in [-0.2, -0.15) is 5.10 Å². The fourth-order valence-corrected chi connectivity index (χ4v) is 4.31. The van der Waals surface area contributed by atoms with Crippen molar-refractivity contribution in [1.29, 1.82) is 0 Å². The summed E-state index contributed by atoms with van der Waals surface area (Å²) in [7, 11) is -3.35. The average Bonchev–Trinajstić information content (AvgIpc) is 3.39. The molecule has 0 aliphatic carbocycles. The van der Waals surface area contributed by atoms with Gasteiger partial charge < -0.3 is 4.52 Å². The first-order valence-corrected chi connectivity index (χ1v) is 11.3. The maximum absolute atomic E-state index is 14.2. The lowest BCUT2D eigenvalue weighted by molar-refractivity contribution is 0.421. The normalized spacial score (nSPS) is 13.3. The van der Waals surface area contributed by atoms with Crippen molar-refractivity contribution in [2.24, 2.45) is 0 Å². The molecule has 30 heavy (non-hydrogen) atoms. The summed E-state index contributed by atoms with van der Waals surface area (Å²) < 4.78 is 37.4. The predicted molar refractivity (Wildman–Crippen MR) is 109 cm³/mol. The molecular formula is C18H13Cl2FN5O3P. The summed E-state index contributed by atoms with van der Waals surface area (Å²) in [5.41, 5.74) is 1.87. The molecule has 0 radical (unpaired) electrons. The number of hydrogen-bond donors (Lipinski definition) is 0. The third-order valence-corrected chi connectivity index (χ3v) is 6.96. The number of rotatable bonds is 6. The van der Waals surface area contributed by atoms with Gasteiger partial charge in [0.2, 0.25) is 0 Å². The number of nitrogens with zero attached hydrogens (tertiary/aromatic N) is 5. The van der Waals surface area contributed by atoms with Gasteiger partial charge in [0.15, 0.2) is 5.82 Å². The molecule has 0 saturated heterocycles. The highest BCUT2D eigenvalue weighted by Crippen LogP contribution is 2.44. The average molecular weight is 468 g/mol. The van der Waals surface area contributed by atoms with Crippen molar-refractivity contribution in [1.82, 2.24) is 24.9 Å². The Hall–Kier alpha value is -2.58. The molecule has 12 heteroatoms. The highest BCUT2D eigenvalue weighted by atomic mass is 35.5. The zero-order valence-electron chi connectivity index (χ0n) is 15.4. The van der Waals surface area contributed by atoms with E-state index in [4.69, 9.17) is 28.0 Å². The molecule has 1 unspecified atom stereocenters. The van der Waals surface area contributed by atoms with E-state index in [9.17, 15) is 8.96 Å². The monoisotopic (exact) mass is 467 g/mol. The standard InChI is InChI=1S/C18H13Cl2FN5O3P/c1-30(27,29-20)16-9-22-18(23-17(16)19)14-8-15(13-6-7-28-25-13)26(24-14)10-11-4-2-3-5-12(11)21/h2-9H,10H2,1H3. The third-order valence-electron chi connectivity index (χ3n) is 4.28. The van der Waals surface area contributed by atoms with Crippen LogP contribution in [0.25, 0.3) is 22.9 Å². The van der Waals surface area contributed by atoms with Crippen LogP contribution in [0, 0.1) is 5.82 Å². The summed E-state index contributed by atoms with van der Waals surface area (Å²) in [5.74, 6) is -0.181. The lowest BCUT2D eigenvalue weighted by Gasteiger charge is -2.09. The molecule has 0 fully saturated rings. The van der Waals surface area contributed by atoms with Gasteiger partial charge in [0.25, 0.3) is 7.37 Å². The zero-order chi connectivity index (χ0) is 21.3. The third kappa shape index (κ3) is 4.02. The summed E-state index contributed by atoms with van der Waals surface area (Å²) >= 11 is 11.5. The van der Waals surface area contributed by atoms with Crippen LogP contribution in [0.5, 0.6) is 0 Å².